The van der Waals surface area contributed by atoms with Gasteiger partial charge in [0, 0.05) is 16.5 Å². The Morgan fingerprint density at radius 2 is 2.00 bits per heavy atom. The first-order chi connectivity index (χ1) is 5.25. The summed E-state index contributed by atoms with van der Waals surface area (Å²) in [6.45, 7) is 3.51. The summed E-state index contributed by atoms with van der Waals surface area (Å²) in [5.74, 6) is -0.916. The Morgan fingerprint density at radius 3 is 2.42 bits per heavy atom. The standard InChI is InChI=1S/C9H8O2.Ni/c1-2-7-5-3-4-6-8(7)9(10)11;/h2-6H,1H2,(H,10,11);. The maximum absolute atomic E-state index is 10.5. The molecule has 1 rings (SSSR count). The smallest absolute Gasteiger partial charge is 0.336 e. The van der Waals surface area contributed by atoms with Crippen molar-refractivity contribution in [3.05, 3.63) is 42.0 Å². The van der Waals surface area contributed by atoms with Gasteiger partial charge in [-0.2, -0.15) is 0 Å². The van der Waals surface area contributed by atoms with E-state index in [2.05, 4.69) is 6.58 Å². The van der Waals surface area contributed by atoms with Crippen molar-refractivity contribution in [2.24, 2.45) is 0 Å². The second-order valence-electron chi connectivity index (χ2n) is 2.10. The van der Waals surface area contributed by atoms with E-state index in [4.69, 9.17) is 5.11 Å². The van der Waals surface area contributed by atoms with E-state index in [1.807, 2.05) is 0 Å². The molecule has 3 heteroatoms. The van der Waals surface area contributed by atoms with Crippen LogP contribution in [0.25, 0.3) is 6.08 Å². The number of hydrogen-bond donors (Lipinski definition) is 1. The number of aromatic carboxylic acids is 1. The van der Waals surface area contributed by atoms with Crippen molar-refractivity contribution in [1.82, 2.24) is 0 Å². The third kappa shape index (κ3) is 2.21. The van der Waals surface area contributed by atoms with E-state index < -0.39 is 5.97 Å². The zero-order valence-corrected chi connectivity index (χ0v) is 7.25. The second-order valence-corrected chi connectivity index (χ2v) is 2.10. The third-order valence-electron chi connectivity index (χ3n) is 1.41. The van der Waals surface area contributed by atoms with E-state index in [0.29, 0.717) is 11.1 Å². The van der Waals surface area contributed by atoms with E-state index in [-0.39, 0.29) is 16.5 Å². The molecule has 1 aromatic carbocycles. The molecule has 0 spiro atoms. The molecule has 0 unspecified atom stereocenters. The van der Waals surface area contributed by atoms with Gasteiger partial charge in [0.25, 0.3) is 0 Å². The molecule has 0 saturated heterocycles. The number of rotatable bonds is 2. The molecule has 0 bridgehead atoms. The summed E-state index contributed by atoms with van der Waals surface area (Å²) >= 11 is 0. The monoisotopic (exact) mass is 206 g/mol. The molecule has 66 valence electrons. The molecule has 0 aliphatic carbocycles. The van der Waals surface area contributed by atoms with Gasteiger partial charge in [-0.25, -0.2) is 4.79 Å². The summed E-state index contributed by atoms with van der Waals surface area (Å²) in [6, 6.07) is 6.75. The van der Waals surface area contributed by atoms with Crippen LogP contribution in [0.2, 0.25) is 0 Å². The molecule has 1 N–H and O–H groups in total. The predicted octanol–water partition coefficient (Wildman–Crippen LogP) is 2.03. The van der Waals surface area contributed by atoms with Crippen molar-refractivity contribution in [2.45, 2.75) is 0 Å². The minimum Gasteiger partial charge on any atom is -0.478 e. The Labute approximate surface area is 80.8 Å². The van der Waals surface area contributed by atoms with Crippen LogP contribution in [-0.2, 0) is 16.5 Å². The van der Waals surface area contributed by atoms with E-state index in [0.717, 1.165) is 0 Å². The SMILES string of the molecule is C=Cc1ccccc1C(=O)O.[Ni]. The number of carboxylic acid groups (broad SMARTS) is 1. The molecule has 0 saturated carbocycles. The summed E-state index contributed by atoms with van der Waals surface area (Å²) in [4.78, 5) is 10.5. The average molecular weight is 207 g/mol. The zero-order chi connectivity index (χ0) is 8.27. The number of carboxylic acids is 1. The summed E-state index contributed by atoms with van der Waals surface area (Å²) in [7, 11) is 0. The molecule has 0 aliphatic heterocycles. The first-order valence-electron chi connectivity index (χ1n) is 3.20. The van der Waals surface area contributed by atoms with Crippen LogP contribution in [0.5, 0.6) is 0 Å². The molecule has 0 aromatic heterocycles. The molecular formula is C9H8NiO2. The summed E-state index contributed by atoms with van der Waals surface area (Å²) in [5, 5.41) is 8.65. The maximum atomic E-state index is 10.5. The van der Waals surface area contributed by atoms with Gasteiger partial charge in [0.05, 0.1) is 5.56 Å². The third-order valence-corrected chi connectivity index (χ3v) is 1.41. The zero-order valence-electron chi connectivity index (χ0n) is 6.27. The average Bonchev–Trinajstić information content (AvgIpc) is 2.04. The molecule has 0 aliphatic rings. The Bertz CT molecular complexity index is 294. The predicted molar refractivity (Wildman–Crippen MR) is 43.5 cm³/mol. The largest absolute Gasteiger partial charge is 0.478 e. The topological polar surface area (TPSA) is 37.3 Å². The Balaban J connectivity index is 0.00000121. The van der Waals surface area contributed by atoms with Crippen LogP contribution in [0.4, 0.5) is 0 Å². The van der Waals surface area contributed by atoms with Crippen LogP contribution >= 0.6 is 0 Å². The number of carbonyl (C=O) groups is 1. The first-order valence-corrected chi connectivity index (χ1v) is 3.20. The Hall–Kier alpha value is -1.08. The quantitative estimate of drug-likeness (QED) is 0.753. The molecule has 0 amide bonds. The second kappa shape index (κ2) is 4.73. The van der Waals surface area contributed by atoms with Gasteiger partial charge in [0.15, 0.2) is 0 Å². The Kier molecular flexibility index (Phi) is 4.31. The molecule has 12 heavy (non-hydrogen) atoms. The minimum atomic E-state index is -0.916. The summed E-state index contributed by atoms with van der Waals surface area (Å²) in [5.41, 5.74) is 0.947. The van der Waals surface area contributed by atoms with E-state index in [1.54, 1.807) is 24.3 Å². The molecular weight excluding hydrogens is 199 g/mol. The fraction of sp³-hybridized carbons (Fsp3) is 0. The van der Waals surface area contributed by atoms with Crippen LogP contribution in [0, 0.1) is 0 Å². The molecule has 1 aromatic rings. The van der Waals surface area contributed by atoms with Crippen LogP contribution in [0.3, 0.4) is 0 Å². The van der Waals surface area contributed by atoms with Gasteiger partial charge in [-0.1, -0.05) is 30.9 Å². The summed E-state index contributed by atoms with van der Waals surface area (Å²) < 4.78 is 0. The van der Waals surface area contributed by atoms with Gasteiger partial charge < -0.3 is 5.11 Å². The van der Waals surface area contributed by atoms with Crippen molar-refractivity contribution in [2.75, 3.05) is 0 Å². The van der Waals surface area contributed by atoms with E-state index in [9.17, 15) is 4.79 Å². The number of benzene rings is 1. The minimum absolute atomic E-state index is 0. The van der Waals surface area contributed by atoms with Crippen molar-refractivity contribution >= 4 is 12.0 Å². The fourth-order valence-corrected chi connectivity index (χ4v) is 0.870. The first kappa shape index (κ1) is 10.9. The van der Waals surface area contributed by atoms with E-state index in [1.165, 1.54) is 6.08 Å². The molecule has 0 atom stereocenters. The van der Waals surface area contributed by atoms with Gasteiger partial charge in [-0.05, 0) is 11.6 Å². The molecule has 2 nitrogen and oxygen atoms in total. The van der Waals surface area contributed by atoms with Crippen molar-refractivity contribution < 1.29 is 26.4 Å². The molecule has 0 heterocycles. The van der Waals surface area contributed by atoms with Crippen LogP contribution < -0.4 is 0 Å². The van der Waals surface area contributed by atoms with Gasteiger partial charge in [0.2, 0.25) is 0 Å². The van der Waals surface area contributed by atoms with Gasteiger partial charge >= 0.3 is 5.97 Å². The van der Waals surface area contributed by atoms with Crippen molar-refractivity contribution in [3.63, 3.8) is 0 Å². The van der Waals surface area contributed by atoms with Crippen molar-refractivity contribution in [3.8, 4) is 0 Å². The van der Waals surface area contributed by atoms with Gasteiger partial charge in [-0.3, -0.25) is 0 Å². The molecule has 0 fully saturated rings. The van der Waals surface area contributed by atoms with Gasteiger partial charge in [-0.15, -0.1) is 0 Å². The number of hydrogen-bond acceptors (Lipinski definition) is 1. The van der Waals surface area contributed by atoms with Crippen LogP contribution in [0.15, 0.2) is 30.8 Å². The fourth-order valence-electron chi connectivity index (χ4n) is 0.870. The maximum Gasteiger partial charge on any atom is 0.336 e. The van der Waals surface area contributed by atoms with Crippen LogP contribution in [-0.4, -0.2) is 11.1 Å². The van der Waals surface area contributed by atoms with Crippen molar-refractivity contribution in [1.29, 1.82) is 0 Å². The van der Waals surface area contributed by atoms with E-state index >= 15 is 0 Å². The van der Waals surface area contributed by atoms with Crippen LogP contribution in [0.1, 0.15) is 15.9 Å². The normalized spacial score (nSPS) is 8.33. The Morgan fingerprint density at radius 1 is 1.42 bits per heavy atom. The van der Waals surface area contributed by atoms with Gasteiger partial charge in [0.1, 0.15) is 0 Å². The molecule has 0 radical (unpaired) electrons. The summed E-state index contributed by atoms with van der Waals surface area (Å²) in [6.07, 6.45) is 1.53.